The van der Waals surface area contributed by atoms with Gasteiger partial charge in [-0.3, -0.25) is 9.59 Å². The van der Waals surface area contributed by atoms with Crippen molar-refractivity contribution in [2.75, 3.05) is 19.0 Å². The molecule has 0 fully saturated rings. The number of ether oxygens (including phenoxy) is 1. The summed E-state index contributed by atoms with van der Waals surface area (Å²) in [5.41, 5.74) is 4.22. The lowest BCUT2D eigenvalue weighted by atomic mass is 10.1. The van der Waals surface area contributed by atoms with E-state index in [0.717, 1.165) is 22.3 Å². The molecule has 0 bridgehead atoms. The number of halogens is 1. The molecule has 4 rings (SSSR count). The number of fused-ring (bicyclic) bond motifs is 1. The van der Waals surface area contributed by atoms with Crippen molar-refractivity contribution < 1.29 is 14.3 Å². The van der Waals surface area contributed by atoms with E-state index in [1.807, 2.05) is 17.5 Å². The van der Waals surface area contributed by atoms with E-state index in [-0.39, 0.29) is 25.0 Å². The van der Waals surface area contributed by atoms with E-state index in [2.05, 4.69) is 20.7 Å². The molecule has 4 aromatic rings. The molecule has 158 valence electrons. The normalized spacial score (nSPS) is 10.9. The highest BCUT2D eigenvalue weighted by Gasteiger charge is 2.15. The van der Waals surface area contributed by atoms with Crippen LogP contribution in [0.25, 0.3) is 16.7 Å². The van der Waals surface area contributed by atoms with Crippen LogP contribution < -0.4 is 10.6 Å². The molecule has 2 aromatic heterocycles. The quantitative estimate of drug-likeness (QED) is 0.443. The Labute approximate surface area is 186 Å². The minimum Gasteiger partial charge on any atom is -0.375 e. The lowest BCUT2D eigenvalue weighted by Gasteiger charge is -2.11. The Morgan fingerprint density at radius 2 is 2.13 bits per heavy atom. The van der Waals surface area contributed by atoms with Crippen LogP contribution in [0.15, 0.2) is 53.5 Å². The summed E-state index contributed by atoms with van der Waals surface area (Å²) in [5.74, 6) is 0.117. The number of aromatic nitrogens is 3. The summed E-state index contributed by atoms with van der Waals surface area (Å²) in [5, 5.41) is 13.0. The first-order valence-corrected chi connectivity index (χ1v) is 10.6. The summed E-state index contributed by atoms with van der Waals surface area (Å²) in [6.45, 7) is 0.231. The summed E-state index contributed by atoms with van der Waals surface area (Å²) in [4.78, 5) is 28.9. The zero-order chi connectivity index (χ0) is 21.8. The fraction of sp³-hybridized carbons (Fsp3) is 0.143. The van der Waals surface area contributed by atoms with Gasteiger partial charge in [0.2, 0.25) is 5.91 Å². The summed E-state index contributed by atoms with van der Waals surface area (Å²) >= 11 is 7.75. The molecule has 0 spiro atoms. The summed E-state index contributed by atoms with van der Waals surface area (Å²) in [7, 11) is 1.45. The lowest BCUT2D eigenvalue weighted by molar-refractivity contribution is -0.124. The van der Waals surface area contributed by atoms with Crippen LogP contribution in [0.5, 0.6) is 0 Å². The fourth-order valence-electron chi connectivity index (χ4n) is 3.08. The van der Waals surface area contributed by atoms with Gasteiger partial charge in [-0.1, -0.05) is 23.7 Å². The highest BCUT2D eigenvalue weighted by molar-refractivity contribution is 7.07. The maximum Gasteiger partial charge on any atom is 0.257 e. The topological polar surface area (TPSA) is 98.1 Å². The van der Waals surface area contributed by atoms with Gasteiger partial charge in [0.05, 0.1) is 33.5 Å². The van der Waals surface area contributed by atoms with Gasteiger partial charge in [0, 0.05) is 24.4 Å². The molecule has 0 unspecified atom stereocenters. The molecular weight excluding hydrogens is 438 g/mol. The van der Waals surface area contributed by atoms with Gasteiger partial charge in [-0.15, -0.1) is 11.3 Å². The molecule has 0 aliphatic heterocycles. The average molecular weight is 456 g/mol. The molecule has 0 aliphatic rings. The summed E-state index contributed by atoms with van der Waals surface area (Å²) in [6.07, 6.45) is 1.69. The van der Waals surface area contributed by atoms with Crippen LogP contribution in [0.2, 0.25) is 5.02 Å². The molecule has 0 aliphatic carbocycles. The van der Waals surface area contributed by atoms with Gasteiger partial charge in [0.1, 0.15) is 6.61 Å². The highest BCUT2D eigenvalue weighted by Crippen LogP contribution is 2.27. The predicted molar refractivity (Wildman–Crippen MR) is 120 cm³/mol. The van der Waals surface area contributed by atoms with Crippen molar-refractivity contribution in [3.05, 3.63) is 69.6 Å². The number of amides is 2. The number of hydrogen-bond donors (Lipinski definition) is 2. The molecule has 31 heavy (non-hydrogen) atoms. The third-order valence-electron chi connectivity index (χ3n) is 4.54. The van der Waals surface area contributed by atoms with Crippen LogP contribution in [0.1, 0.15) is 15.9 Å². The van der Waals surface area contributed by atoms with Crippen molar-refractivity contribution in [2.24, 2.45) is 0 Å². The standard InChI is InChI=1S/C21H18ClN5O3S/c1-30-10-20(28)23-8-13-5-6-16(22)14(7-13)21(29)26-17-3-2-4-18-15(17)9-25-27(18)19-11-31-12-24-19/h2-7,9,11-12H,8,10H2,1H3,(H,23,28)(H,26,29). The van der Waals surface area contributed by atoms with E-state index in [9.17, 15) is 9.59 Å². The van der Waals surface area contributed by atoms with Crippen LogP contribution >= 0.6 is 22.9 Å². The van der Waals surface area contributed by atoms with E-state index in [1.165, 1.54) is 18.4 Å². The number of rotatable bonds is 7. The van der Waals surface area contributed by atoms with Crippen molar-refractivity contribution in [3.63, 3.8) is 0 Å². The zero-order valence-corrected chi connectivity index (χ0v) is 18.0. The third-order valence-corrected chi connectivity index (χ3v) is 5.44. The number of anilines is 1. The number of carbonyl (C=O) groups is 2. The minimum atomic E-state index is -0.357. The highest BCUT2D eigenvalue weighted by atomic mass is 35.5. The van der Waals surface area contributed by atoms with Crippen LogP contribution in [-0.4, -0.2) is 40.3 Å². The number of nitrogens with one attached hydrogen (secondary N) is 2. The van der Waals surface area contributed by atoms with Crippen molar-refractivity contribution in [1.82, 2.24) is 20.1 Å². The Hall–Kier alpha value is -3.27. The largest absolute Gasteiger partial charge is 0.375 e. The number of carbonyl (C=O) groups excluding carboxylic acids is 2. The molecule has 0 saturated carbocycles. The zero-order valence-electron chi connectivity index (χ0n) is 16.5. The molecule has 0 saturated heterocycles. The SMILES string of the molecule is COCC(=O)NCc1ccc(Cl)c(C(=O)Nc2cccc3c2cnn3-c2cscn2)c1. The van der Waals surface area contributed by atoms with E-state index in [4.69, 9.17) is 16.3 Å². The minimum absolute atomic E-state index is 0.0283. The number of benzene rings is 2. The van der Waals surface area contributed by atoms with E-state index in [0.29, 0.717) is 16.3 Å². The molecule has 2 N–H and O–H groups in total. The van der Waals surface area contributed by atoms with Gasteiger partial charge in [-0.25, -0.2) is 9.67 Å². The fourth-order valence-corrected chi connectivity index (χ4v) is 3.80. The van der Waals surface area contributed by atoms with Crippen molar-refractivity contribution in [1.29, 1.82) is 0 Å². The van der Waals surface area contributed by atoms with E-state index < -0.39 is 0 Å². The van der Waals surface area contributed by atoms with Gasteiger partial charge >= 0.3 is 0 Å². The van der Waals surface area contributed by atoms with Crippen LogP contribution in [0.4, 0.5) is 5.69 Å². The smallest absolute Gasteiger partial charge is 0.257 e. The van der Waals surface area contributed by atoms with Crippen molar-refractivity contribution in [2.45, 2.75) is 6.54 Å². The lowest BCUT2D eigenvalue weighted by Crippen LogP contribution is -2.26. The number of methoxy groups -OCH3 is 1. The molecule has 0 atom stereocenters. The molecule has 10 heteroatoms. The Balaban J connectivity index is 1.56. The maximum atomic E-state index is 13.0. The van der Waals surface area contributed by atoms with Gasteiger partial charge in [-0.05, 0) is 29.8 Å². The van der Waals surface area contributed by atoms with Crippen molar-refractivity contribution >= 4 is 51.3 Å². The molecule has 8 nitrogen and oxygen atoms in total. The van der Waals surface area contributed by atoms with Gasteiger partial charge < -0.3 is 15.4 Å². The maximum absolute atomic E-state index is 13.0. The Morgan fingerprint density at radius 1 is 1.26 bits per heavy atom. The van der Waals surface area contributed by atoms with Crippen LogP contribution in [-0.2, 0) is 16.1 Å². The molecular formula is C21H18ClN5O3S. The second-order valence-corrected chi connectivity index (χ2v) is 7.75. The summed E-state index contributed by atoms with van der Waals surface area (Å²) < 4.78 is 6.51. The average Bonchev–Trinajstić information content (AvgIpc) is 3.43. The first kappa shape index (κ1) is 21.0. The number of hydrogen-bond acceptors (Lipinski definition) is 6. The molecule has 2 aromatic carbocycles. The second-order valence-electron chi connectivity index (χ2n) is 6.62. The monoisotopic (exact) mass is 455 g/mol. The van der Waals surface area contributed by atoms with Gasteiger partial charge in [0.25, 0.3) is 5.91 Å². The third kappa shape index (κ3) is 4.58. The molecule has 0 radical (unpaired) electrons. The van der Waals surface area contributed by atoms with E-state index >= 15 is 0 Å². The first-order valence-electron chi connectivity index (χ1n) is 9.27. The second kappa shape index (κ2) is 9.25. The number of nitrogens with zero attached hydrogens (tertiary/aromatic N) is 3. The van der Waals surface area contributed by atoms with Crippen molar-refractivity contribution in [3.8, 4) is 5.82 Å². The predicted octanol–water partition coefficient (Wildman–Crippen LogP) is 3.65. The Morgan fingerprint density at radius 3 is 2.90 bits per heavy atom. The Kier molecular flexibility index (Phi) is 6.26. The molecule has 2 heterocycles. The summed E-state index contributed by atoms with van der Waals surface area (Å²) in [6, 6.07) is 10.6. The van der Waals surface area contributed by atoms with Gasteiger partial charge in [0.15, 0.2) is 5.82 Å². The first-order chi connectivity index (χ1) is 15.1. The van der Waals surface area contributed by atoms with E-state index in [1.54, 1.807) is 40.7 Å². The van der Waals surface area contributed by atoms with Gasteiger partial charge in [-0.2, -0.15) is 5.10 Å². The number of thiazole rings is 1. The van der Waals surface area contributed by atoms with Crippen LogP contribution in [0.3, 0.4) is 0 Å². The Bertz CT molecular complexity index is 1240. The molecule has 2 amide bonds. The van der Waals surface area contributed by atoms with Crippen LogP contribution in [0, 0.1) is 0 Å².